The van der Waals surface area contributed by atoms with Gasteiger partial charge in [-0.2, -0.15) is 15.3 Å². The average Bonchev–Trinajstić information content (AvgIpc) is 3.46. The van der Waals surface area contributed by atoms with Gasteiger partial charge < -0.3 is 21.1 Å². The summed E-state index contributed by atoms with van der Waals surface area (Å²) in [6.07, 6.45) is 2.69. The number of alkyl halides is 1. The van der Waals surface area contributed by atoms with Crippen LogP contribution in [0.5, 0.6) is 5.75 Å². The summed E-state index contributed by atoms with van der Waals surface area (Å²) in [5.74, 6) is -1.86. The summed E-state index contributed by atoms with van der Waals surface area (Å²) < 4.78 is 15.6. The van der Waals surface area contributed by atoms with Gasteiger partial charge in [-0.3, -0.25) is 19.1 Å². The monoisotopic (exact) mass is 504 g/mol. The smallest absolute Gasteiger partial charge is 0.269 e. The van der Waals surface area contributed by atoms with Crippen LogP contribution in [-0.2, 0) is 16.1 Å². The number of pyridine rings is 1. The molecule has 1 saturated heterocycles. The van der Waals surface area contributed by atoms with Crippen LogP contribution in [0.15, 0.2) is 55.0 Å². The second-order valence-electron chi connectivity index (χ2n) is 8.52. The Balaban J connectivity index is 1.40. The number of halogens is 1. The molecular formula is C24H21FN8O4. The summed E-state index contributed by atoms with van der Waals surface area (Å²) in [5, 5.41) is 24.2. The van der Waals surface area contributed by atoms with Crippen LogP contribution in [0.1, 0.15) is 16.9 Å². The molecule has 12 nitrogen and oxygen atoms in total. The number of carbonyl (C=O) groups is 3. The minimum absolute atomic E-state index is 0.0239. The quantitative estimate of drug-likeness (QED) is 0.353. The lowest BCUT2D eigenvalue weighted by Gasteiger charge is -2.23. The average molecular weight is 504 g/mol. The highest BCUT2D eigenvalue weighted by Crippen LogP contribution is 2.27. The Kier molecular flexibility index (Phi) is 6.17. The third-order valence-corrected chi connectivity index (χ3v) is 6.06. The van der Waals surface area contributed by atoms with Crippen molar-refractivity contribution in [3.63, 3.8) is 0 Å². The molecule has 2 atom stereocenters. The topological polar surface area (TPSA) is 169 Å². The maximum absolute atomic E-state index is 14.3. The van der Waals surface area contributed by atoms with E-state index >= 15 is 0 Å². The van der Waals surface area contributed by atoms with Crippen LogP contribution in [0, 0.1) is 0 Å². The lowest BCUT2D eigenvalue weighted by atomic mass is 10.0. The molecule has 1 fully saturated rings. The van der Waals surface area contributed by atoms with Crippen LogP contribution < -0.4 is 11.1 Å². The Morgan fingerprint density at radius 2 is 1.95 bits per heavy atom. The number of hydrogen-bond donors (Lipinski definition) is 3. The number of carbonyl (C=O) groups excluding carboxylic acids is 3. The van der Waals surface area contributed by atoms with Gasteiger partial charge in [0, 0.05) is 17.4 Å². The van der Waals surface area contributed by atoms with Crippen molar-refractivity contribution in [2.24, 2.45) is 5.73 Å². The van der Waals surface area contributed by atoms with E-state index in [1.807, 2.05) is 0 Å². The number of aromatic nitrogens is 5. The van der Waals surface area contributed by atoms with Crippen molar-refractivity contribution in [1.29, 1.82) is 0 Å². The van der Waals surface area contributed by atoms with E-state index in [9.17, 15) is 23.9 Å². The van der Waals surface area contributed by atoms with E-state index in [0.717, 1.165) is 22.2 Å². The number of hydrogen-bond acceptors (Lipinski definition) is 8. The van der Waals surface area contributed by atoms with Crippen LogP contribution in [0.3, 0.4) is 0 Å². The molecule has 4 N–H and O–H groups in total. The highest BCUT2D eigenvalue weighted by atomic mass is 19.1. The molecule has 1 aliphatic heterocycles. The molecule has 1 aromatic carbocycles. The summed E-state index contributed by atoms with van der Waals surface area (Å²) in [5.41, 5.74) is 7.50. The molecule has 3 aromatic heterocycles. The largest absolute Gasteiger partial charge is 0.506 e. The van der Waals surface area contributed by atoms with Gasteiger partial charge in [-0.25, -0.2) is 9.37 Å². The van der Waals surface area contributed by atoms with Gasteiger partial charge in [-0.1, -0.05) is 6.07 Å². The van der Waals surface area contributed by atoms with Crippen molar-refractivity contribution in [3.8, 4) is 16.9 Å². The van der Waals surface area contributed by atoms with E-state index in [1.165, 1.54) is 23.0 Å². The fraction of sp³-hybridized carbons (Fsp3) is 0.208. The maximum Gasteiger partial charge on any atom is 0.269 e. The van der Waals surface area contributed by atoms with E-state index in [4.69, 9.17) is 5.73 Å². The number of fused-ring (bicyclic) bond motifs is 1. The predicted molar refractivity (Wildman–Crippen MR) is 129 cm³/mol. The number of benzene rings is 1. The van der Waals surface area contributed by atoms with Crippen molar-refractivity contribution in [2.75, 3.05) is 11.9 Å². The summed E-state index contributed by atoms with van der Waals surface area (Å²) in [4.78, 5) is 43.2. The van der Waals surface area contributed by atoms with Crippen molar-refractivity contribution in [3.05, 3.63) is 60.7 Å². The van der Waals surface area contributed by atoms with Crippen molar-refractivity contribution >= 4 is 34.4 Å². The number of anilines is 1. The SMILES string of the molecule is NC(=O)c1nn(CC(=O)N2CC(F)CC2C(=O)Nc2ccc(O)cn2)c2ccc(-c3ccnnc3)cc12. The first kappa shape index (κ1) is 23.8. The Hall–Kier alpha value is -4.94. The highest BCUT2D eigenvalue weighted by molar-refractivity contribution is 6.05. The van der Waals surface area contributed by atoms with Crippen LogP contribution >= 0.6 is 0 Å². The fourth-order valence-corrected chi connectivity index (χ4v) is 4.32. The predicted octanol–water partition coefficient (Wildman–Crippen LogP) is 1.27. The molecule has 37 heavy (non-hydrogen) atoms. The lowest BCUT2D eigenvalue weighted by molar-refractivity contribution is -0.137. The molecule has 1 aliphatic rings. The van der Waals surface area contributed by atoms with Crippen LogP contribution in [0.4, 0.5) is 10.2 Å². The summed E-state index contributed by atoms with van der Waals surface area (Å²) in [6, 6.07) is 8.61. The Morgan fingerprint density at radius 3 is 2.65 bits per heavy atom. The van der Waals surface area contributed by atoms with E-state index in [0.29, 0.717) is 10.9 Å². The van der Waals surface area contributed by atoms with Crippen LogP contribution in [0.25, 0.3) is 22.0 Å². The molecule has 0 aliphatic carbocycles. The van der Waals surface area contributed by atoms with Gasteiger partial charge in [0.1, 0.15) is 30.3 Å². The molecule has 0 spiro atoms. The van der Waals surface area contributed by atoms with E-state index in [-0.39, 0.29) is 36.8 Å². The summed E-state index contributed by atoms with van der Waals surface area (Å²) in [6.45, 7) is -0.602. The maximum atomic E-state index is 14.3. The minimum atomic E-state index is -1.39. The molecule has 0 saturated carbocycles. The normalized spacial score (nSPS) is 17.2. The van der Waals surface area contributed by atoms with Gasteiger partial charge >= 0.3 is 0 Å². The van der Waals surface area contributed by atoms with Gasteiger partial charge in [-0.15, -0.1) is 0 Å². The van der Waals surface area contributed by atoms with Gasteiger partial charge in [0.25, 0.3) is 5.91 Å². The molecule has 188 valence electrons. The summed E-state index contributed by atoms with van der Waals surface area (Å²) in [7, 11) is 0. The minimum Gasteiger partial charge on any atom is -0.506 e. The Morgan fingerprint density at radius 1 is 1.11 bits per heavy atom. The highest BCUT2D eigenvalue weighted by Gasteiger charge is 2.40. The first-order valence-electron chi connectivity index (χ1n) is 11.3. The zero-order chi connectivity index (χ0) is 26.1. The number of rotatable bonds is 6. The van der Waals surface area contributed by atoms with Gasteiger partial charge in [0.05, 0.1) is 30.7 Å². The number of aromatic hydroxyl groups is 1. The third kappa shape index (κ3) is 4.78. The van der Waals surface area contributed by atoms with Crippen LogP contribution in [-0.4, -0.2) is 71.4 Å². The lowest BCUT2D eigenvalue weighted by Crippen LogP contribution is -2.44. The first-order chi connectivity index (χ1) is 17.8. The Bertz CT molecular complexity index is 1490. The van der Waals surface area contributed by atoms with Crippen molar-refractivity contribution < 1.29 is 23.9 Å². The number of likely N-dealkylation sites (tertiary alicyclic amines) is 1. The number of nitrogens with zero attached hydrogens (tertiary/aromatic N) is 6. The Labute approximate surface area is 208 Å². The molecule has 0 radical (unpaired) electrons. The second-order valence-corrected chi connectivity index (χ2v) is 8.52. The van der Waals surface area contributed by atoms with Crippen LogP contribution in [0.2, 0.25) is 0 Å². The van der Waals surface area contributed by atoms with E-state index in [1.54, 1.807) is 30.5 Å². The molecule has 0 bridgehead atoms. The molecule has 4 aromatic rings. The molecule has 13 heteroatoms. The van der Waals surface area contributed by atoms with Crippen molar-refractivity contribution in [1.82, 2.24) is 29.9 Å². The van der Waals surface area contributed by atoms with Gasteiger partial charge in [-0.05, 0) is 35.9 Å². The van der Waals surface area contributed by atoms with E-state index in [2.05, 4.69) is 25.6 Å². The van der Waals surface area contributed by atoms with E-state index < -0.39 is 29.9 Å². The standard InChI is InChI=1S/C24H21FN8O4/c25-15-8-19(24(37)30-20-4-2-16(34)10-27-20)32(11-15)21(35)12-33-18-3-1-13(14-5-6-28-29-9-14)7-17(18)22(31-33)23(26)36/h1-7,9-10,15,19,34H,8,11-12H2,(H2,26,36)(H,27,30,37). The molecule has 3 amide bonds. The molecule has 2 unspecified atom stereocenters. The molecule has 5 rings (SSSR count). The number of amides is 3. The molecular weight excluding hydrogens is 483 g/mol. The zero-order valence-corrected chi connectivity index (χ0v) is 19.3. The zero-order valence-electron chi connectivity index (χ0n) is 19.3. The number of nitrogens with one attached hydrogen (secondary N) is 1. The number of primary amides is 1. The van der Waals surface area contributed by atoms with Gasteiger partial charge in [0.2, 0.25) is 11.8 Å². The van der Waals surface area contributed by atoms with Gasteiger partial charge in [0.15, 0.2) is 5.69 Å². The first-order valence-corrected chi connectivity index (χ1v) is 11.3. The summed E-state index contributed by atoms with van der Waals surface area (Å²) >= 11 is 0. The number of nitrogens with two attached hydrogens (primary N) is 1. The van der Waals surface area contributed by atoms with Crippen molar-refractivity contribution in [2.45, 2.75) is 25.2 Å². The molecule has 4 heterocycles. The second kappa shape index (κ2) is 9.60. The fourth-order valence-electron chi connectivity index (χ4n) is 4.32. The third-order valence-electron chi connectivity index (χ3n) is 6.06.